The molecule has 6 nitrogen and oxygen atoms in total. The number of hydrogen-bond acceptors (Lipinski definition) is 6. The molecule has 2 aromatic rings. The van der Waals surface area contributed by atoms with Crippen molar-refractivity contribution in [2.75, 3.05) is 5.48 Å². The van der Waals surface area contributed by atoms with E-state index in [1.807, 2.05) is 5.48 Å². The number of nitrogens with zero attached hydrogens (tertiary/aromatic N) is 1. The molecule has 0 aliphatic heterocycles. The molecular weight excluding hydrogens is 200 g/mol. The van der Waals surface area contributed by atoms with Crippen molar-refractivity contribution in [2.45, 2.75) is 0 Å². The molecule has 4 N–H and O–H groups in total. The average molecular weight is 208 g/mol. The van der Waals surface area contributed by atoms with E-state index in [0.29, 0.717) is 11.3 Å². The molecule has 0 amide bonds. The summed E-state index contributed by atoms with van der Waals surface area (Å²) in [4.78, 5) is 3.59. The Morgan fingerprint density at radius 2 is 1.80 bits per heavy atom. The van der Waals surface area contributed by atoms with Crippen LogP contribution in [0.4, 0.5) is 5.69 Å². The van der Waals surface area contributed by atoms with Crippen LogP contribution in [0, 0.1) is 0 Å². The number of oxazole rings is 1. The van der Waals surface area contributed by atoms with Gasteiger partial charge in [-0.3, -0.25) is 10.7 Å². The molecule has 1 heterocycles. The Morgan fingerprint density at radius 1 is 1.13 bits per heavy atom. The maximum absolute atomic E-state index is 8.99. The zero-order valence-electron chi connectivity index (χ0n) is 7.51. The van der Waals surface area contributed by atoms with E-state index < -0.39 is 11.8 Å². The van der Waals surface area contributed by atoms with Crippen LogP contribution in [0.5, 0.6) is 11.8 Å². The summed E-state index contributed by atoms with van der Waals surface area (Å²) in [6.07, 6.45) is 0. The quantitative estimate of drug-likeness (QED) is 0.559. The third kappa shape index (κ3) is 1.70. The van der Waals surface area contributed by atoms with Crippen molar-refractivity contribution < 1.29 is 19.8 Å². The van der Waals surface area contributed by atoms with Gasteiger partial charge >= 0.3 is 5.95 Å². The highest BCUT2D eigenvalue weighted by Gasteiger charge is 2.11. The fourth-order valence-corrected chi connectivity index (χ4v) is 1.11. The van der Waals surface area contributed by atoms with E-state index in [2.05, 4.69) is 4.98 Å². The molecule has 78 valence electrons. The van der Waals surface area contributed by atoms with Gasteiger partial charge in [0.15, 0.2) is 0 Å². The van der Waals surface area contributed by atoms with E-state index in [0.717, 1.165) is 0 Å². The molecule has 6 heteroatoms. The summed E-state index contributed by atoms with van der Waals surface area (Å²) in [7, 11) is 0. The smallest absolute Gasteiger partial charge is 0.349 e. The van der Waals surface area contributed by atoms with E-state index in [-0.39, 0.29) is 5.89 Å². The number of anilines is 1. The van der Waals surface area contributed by atoms with Gasteiger partial charge in [0.1, 0.15) is 0 Å². The summed E-state index contributed by atoms with van der Waals surface area (Å²) >= 11 is 0. The van der Waals surface area contributed by atoms with Crippen molar-refractivity contribution >= 4 is 5.69 Å². The molecule has 0 saturated heterocycles. The van der Waals surface area contributed by atoms with Gasteiger partial charge in [-0.25, -0.2) is 0 Å². The summed E-state index contributed by atoms with van der Waals surface area (Å²) in [5, 5.41) is 26.5. The van der Waals surface area contributed by atoms with Gasteiger partial charge in [-0.15, -0.1) is 0 Å². The van der Waals surface area contributed by atoms with Gasteiger partial charge in [0.05, 0.1) is 5.69 Å². The van der Waals surface area contributed by atoms with E-state index in [9.17, 15) is 0 Å². The molecule has 1 aromatic carbocycles. The zero-order chi connectivity index (χ0) is 10.8. The Labute approximate surface area is 84.4 Å². The van der Waals surface area contributed by atoms with Crippen molar-refractivity contribution in [3.63, 3.8) is 0 Å². The van der Waals surface area contributed by atoms with Crippen LogP contribution in [0.3, 0.4) is 0 Å². The molecule has 0 radical (unpaired) electrons. The molecule has 0 aliphatic carbocycles. The number of benzene rings is 1. The Balaban J connectivity index is 2.37. The van der Waals surface area contributed by atoms with Crippen molar-refractivity contribution in [2.24, 2.45) is 0 Å². The summed E-state index contributed by atoms with van der Waals surface area (Å²) in [5.74, 6) is -1.06. The van der Waals surface area contributed by atoms with Crippen LogP contribution in [0.1, 0.15) is 0 Å². The van der Waals surface area contributed by atoms with Crippen molar-refractivity contribution in [1.82, 2.24) is 4.98 Å². The summed E-state index contributed by atoms with van der Waals surface area (Å²) in [5.41, 5.74) is 3.06. The fraction of sp³-hybridized carbons (Fsp3) is 0. The molecule has 0 bridgehead atoms. The first kappa shape index (κ1) is 9.35. The van der Waals surface area contributed by atoms with Gasteiger partial charge in [-0.05, 0) is 24.3 Å². The first-order valence-corrected chi connectivity index (χ1v) is 4.10. The first-order chi connectivity index (χ1) is 7.20. The van der Waals surface area contributed by atoms with Gasteiger partial charge in [0.25, 0.3) is 5.88 Å². The second kappa shape index (κ2) is 3.50. The molecule has 0 unspecified atom stereocenters. The van der Waals surface area contributed by atoms with Crippen LogP contribution in [0.25, 0.3) is 11.5 Å². The molecule has 0 fully saturated rings. The van der Waals surface area contributed by atoms with Crippen LogP contribution in [-0.4, -0.2) is 20.4 Å². The van der Waals surface area contributed by atoms with Crippen molar-refractivity contribution in [3.05, 3.63) is 24.3 Å². The third-order valence-corrected chi connectivity index (χ3v) is 1.85. The topological polar surface area (TPSA) is 98.8 Å². The Morgan fingerprint density at radius 3 is 2.27 bits per heavy atom. The minimum absolute atomic E-state index is 0.106. The maximum atomic E-state index is 8.99. The van der Waals surface area contributed by atoms with Crippen LogP contribution < -0.4 is 5.48 Å². The highest BCUT2D eigenvalue weighted by molar-refractivity contribution is 5.59. The molecule has 0 aliphatic rings. The standard InChI is InChI=1S/C9H8N2O4/c12-7-9(13)15-8(10-7)5-1-3-6(11-14)4-2-5/h1-4,11-14H. The number of nitrogens with one attached hydrogen (secondary N) is 1. The molecule has 1 aromatic heterocycles. The Hall–Kier alpha value is -2.21. The lowest BCUT2D eigenvalue weighted by molar-refractivity contribution is 0.309. The van der Waals surface area contributed by atoms with Crippen LogP contribution >= 0.6 is 0 Å². The van der Waals surface area contributed by atoms with E-state index in [1.54, 1.807) is 24.3 Å². The van der Waals surface area contributed by atoms with Gasteiger partial charge in [-0.2, -0.15) is 4.98 Å². The van der Waals surface area contributed by atoms with Gasteiger partial charge in [0, 0.05) is 5.56 Å². The van der Waals surface area contributed by atoms with Crippen LogP contribution in [0.2, 0.25) is 0 Å². The second-order valence-corrected chi connectivity index (χ2v) is 2.84. The van der Waals surface area contributed by atoms with E-state index in [1.165, 1.54) is 0 Å². The molecule has 2 rings (SSSR count). The predicted molar refractivity (Wildman–Crippen MR) is 50.7 cm³/mol. The number of aromatic hydroxyl groups is 2. The molecular formula is C9H8N2O4. The Kier molecular flexibility index (Phi) is 2.18. The van der Waals surface area contributed by atoms with Crippen molar-refractivity contribution in [1.29, 1.82) is 0 Å². The highest BCUT2D eigenvalue weighted by atomic mass is 16.5. The third-order valence-electron chi connectivity index (χ3n) is 1.85. The lowest BCUT2D eigenvalue weighted by Gasteiger charge is -1.98. The molecule has 15 heavy (non-hydrogen) atoms. The predicted octanol–water partition coefficient (Wildman–Crippen LogP) is 1.55. The summed E-state index contributed by atoms with van der Waals surface area (Å²) in [6.45, 7) is 0. The molecule has 0 spiro atoms. The summed E-state index contributed by atoms with van der Waals surface area (Å²) < 4.78 is 4.79. The largest absolute Gasteiger partial charge is 0.488 e. The van der Waals surface area contributed by atoms with E-state index in [4.69, 9.17) is 19.8 Å². The number of hydrogen-bond donors (Lipinski definition) is 4. The van der Waals surface area contributed by atoms with Gasteiger partial charge in [0.2, 0.25) is 5.89 Å². The number of rotatable bonds is 2. The SMILES string of the molecule is ONc1ccc(-c2nc(O)c(O)o2)cc1. The highest BCUT2D eigenvalue weighted by Crippen LogP contribution is 2.30. The first-order valence-electron chi connectivity index (χ1n) is 4.10. The van der Waals surface area contributed by atoms with Crippen LogP contribution in [-0.2, 0) is 0 Å². The molecule has 0 saturated carbocycles. The second-order valence-electron chi connectivity index (χ2n) is 2.84. The van der Waals surface area contributed by atoms with Gasteiger partial charge in [-0.1, -0.05) is 0 Å². The molecule has 0 atom stereocenters. The van der Waals surface area contributed by atoms with Gasteiger partial charge < -0.3 is 14.6 Å². The number of aromatic nitrogens is 1. The zero-order valence-corrected chi connectivity index (χ0v) is 7.51. The monoisotopic (exact) mass is 208 g/mol. The lowest BCUT2D eigenvalue weighted by atomic mass is 10.2. The minimum atomic E-state index is -0.616. The normalized spacial score (nSPS) is 10.2. The van der Waals surface area contributed by atoms with Crippen molar-refractivity contribution in [3.8, 4) is 23.3 Å². The summed E-state index contributed by atoms with van der Waals surface area (Å²) in [6, 6.07) is 6.41. The maximum Gasteiger partial charge on any atom is 0.349 e. The minimum Gasteiger partial charge on any atom is -0.488 e. The average Bonchev–Trinajstić information content (AvgIpc) is 2.59. The lowest BCUT2D eigenvalue weighted by Crippen LogP contribution is -1.87. The Bertz CT molecular complexity index is 444. The van der Waals surface area contributed by atoms with Crippen LogP contribution in [0.15, 0.2) is 28.7 Å². The fourth-order valence-electron chi connectivity index (χ4n) is 1.11. The van der Waals surface area contributed by atoms with E-state index >= 15 is 0 Å².